The lowest BCUT2D eigenvalue weighted by atomic mass is 9.81. The molecular formula is C19H23BrN2O3. The number of hydrogen-bond donors (Lipinski definition) is 1. The number of benzene rings is 1. The van der Waals surface area contributed by atoms with Gasteiger partial charge in [-0.2, -0.15) is 0 Å². The number of halogens is 1. The van der Waals surface area contributed by atoms with E-state index in [0.29, 0.717) is 0 Å². The molecule has 0 radical (unpaired) electrons. The number of carbonyl (C=O) groups is 3. The Hall–Kier alpha value is -1.69. The largest absolute Gasteiger partial charge is 0.348 e. The number of nitrogens with zero attached hydrogens (tertiary/aromatic N) is 1. The summed E-state index contributed by atoms with van der Waals surface area (Å²) >= 11 is 3.39. The van der Waals surface area contributed by atoms with Crippen molar-refractivity contribution in [3.8, 4) is 0 Å². The molecule has 134 valence electrons. The fourth-order valence-corrected chi connectivity index (χ4v) is 4.12. The van der Waals surface area contributed by atoms with Crippen LogP contribution in [0.3, 0.4) is 0 Å². The summed E-state index contributed by atoms with van der Waals surface area (Å²) in [4.78, 5) is 39.0. The Morgan fingerprint density at radius 2 is 1.60 bits per heavy atom. The van der Waals surface area contributed by atoms with Crippen LogP contribution in [0.1, 0.15) is 51.1 Å². The third-order valence-electron chi connectivity index (χ3n) is 5.37. The Morgan fingerprint density at radius 3 is 2.12 bits per heavy atom. The lowest BCUT2D eigenvalue weighted by Crippen LogP contribution is -2.48. The lowest BCUT2D eigenvalue weighted by Gasteiger charge is -2.24. The molecular weight excluding hydrogens is 384 g/mol. The summed E-state index contributed by atoms with van der Waals surface area (Å²) in [6, 6.07) is 6.72. The molecule has 2 aliphatic rings. The highest BCUT2D eigenvalue weighted by molar-refractivity contribution is 9.10. The van der Waals surface area contributed by atoms with Gasteiger partial charge in [0.05, 0.1) is 17.9 Å². The zero-order chi connectivity index (χ0) is 18.1. The van der Waals surface area contributed by atoms with Crippen LogP contribution in [-0.4, -0.2) is 28.7 Å². The van der Waals surface area contributed by atoms with E-state index < -0.39 is 6.04 Å². The molecule has 0 spiro atoms. The number of amides is 3. The second-order valence-corrected chi connectivity index (χ2v) is 7.92. The van der Waals surface area contributed by atoms with E-state index >= 15 is 0 Å². The third-order valence-corrected chi connectivity index (χ3v) is 5.90. The Bertz CT molecular complexity index is 664. The summed E-state index contributed by atoms with van der Waals surface area (Å²) in [6.07, 6.45) is 3.48. The average Bonchev–Trinajstić information content (AvgIpc) is 2.86. The molecule has 0 aromatic heterocycles. The predicted octanol–water partition coefficient (Wildman–Crippen LogP) is 3.19. The SMILES string of the molecule is CC(NC(=O)C(C)N1C(=O)C2CCCCC2C1=O)c1ccc(Br)cc1. The van der Waals surface area contributed by atoms with Crippen LogP contribution >= 0.6 is 15.9 Å². The van der Waals surface area contributed by atoms with Crippen LogP contribution in [0.15, 0.2) is 28.7 Å². The minimum atomic E-state index is -0.775. The molecule has 2 fully saturated rings. The van der Waals surface area contributed by atoms with Gasteiger partial charge in [0, 0.05) is 4.47 Å². The van der Waals surface area contributed by atoms with Crippen molar-refractivity contribution in [3.05, 3.63) is 34.3 Å². The van der Waals surface area contributed by atoms with Gasteiger partial charge in [-0.15, -0.1) is 0 Å². The molecule has 3 rings (SSSR count). The fourth-order valence-electron chi connectivity index (χ4n) is 3.86. The first-order chi connectivity index (χ1) is 11.9. The Kier molecular flexibility index (Phi) is 5.27. The first kappa shape index (κ1) is 18.1. The molecule has 5 nitrogen and oxygen atoms in total. The van der Waals surface area contributed by atoms with Crippen LogP contribution in [0.2, 0.25) is 0 Å². The van der Waals surface area contributed by atoms with Gasteiger partial charge < -0.3 is 5.32 Å². The van der Waals surface area contributed by atoms with Crippen molar-refractivity contribution < 1.29 is 14.4 Å². The maximum absolute atomic E-state index is 12.6. The monoisotopic (exact) mass is 406 g/mol. The summed E-state index contributed by atoms with van der Waals surface area (Å²) in [5, 5.41) is 2.91. The maximum Gasteiger partial charge on any atom is 0.243 e. The summed E-state index contributed by atoms with van der Waals surface area (Å²) < 4.78 is 0.971. The van der Waals surface area contributed by atoms with E-state index in [1.165, 1.54) is 4.90 Å². The highest BCUT2D eigenvalue weighted by Crippen LogP contribution is 2.38. The van der Waals surface area contributed by atoms with E-state index in [-0.39, 0.29) is 35.6 Å². The smallest absolute Gasteiger partial charge is 0.243 e. The van der Waals surface area contributed by atoms with Gasteiger partial charge >= 0.3 is 0 Å². The molecule has 1 N–H and O–H groups in total. The van der Waals surface area contributed by atoms with Gasteiger partial charge in [0.1, 0.15) is 6.04 Å². The van der Waals surface area contributed by atoms with E-state index in [9.17, 15) is 14.4 Å². The topological polar surface area (TPSA) is 66.5 Å². The molecule has 4 atom stereocenters. The quantitative estimate of drug-likeness (QED) is 0.780. The predicted molar refractivity (Wildman–Crippen MR) is 97.5 cm³/mol. The minimum absolute atomic E-state index is 0.173. The van der Waals surface area contributed by atoms with Crippen molar-refractivity contribution >= 4 is 33.7 Å². The zero-order valence-corrected chi connectivity index (χ0v) is 16.1. The molecule has 1 aromatic carbocycles. The number of nitrogens with one attached hydrogen (secondary N) is 1. The van der Waals surface area contributed by atoms with Crippen LogP contribution in [0.25, 0.3) is 0 Å². The Labute approximate surface area is 156 Å². The van der Waals surface area contributed by atoms with Gasteiger partial charge in [0.15, 0.2) is 0 Å². The molecule has 3 amide bonds. The van der Waals surface area contributed by atoms with E-state index in [0.717, 1.165) is 35.7 Å². The summed E-state index contributed by atoms with van der Waals surface area (Å²) in [5.41, 5.74) is 0.969. The number of likely N-dealkylation sites (tertiary alicyclic amines) is 1. The molecule has 1 aromatic rings. The van der Waals surface area contributed by atoms with Gasteiger partial charge in [0.2, 0.25) is 17.7 Å². The fraction of sp³-hybridized carbons (Fsp3) is 0.526. The average molecular weight is 407 g/mol. The van der Waals surface area contributed by atoms with Crippen LogP contribution in [0.4, 0.5) is 0 Å². The number of imide groups is 1. The van der Waals surface area contributed by atoms with Crippen molar-refractivity contribution in [2.75, 3.05) is 0 Å². The van der Waals surface area contributed by atoms with Crippen LogP contribution in [-0.2, 0) is 14.4 Å². The van der Waals surface area contributed by atoms with Crippen LogP contribution < -0.4 is 5.32 Å². The lowest BCUT2D eigenvalue weighted by molar-refractivity contribution is -0.147. The summed E-state index contributed by atoms with van der Waals surface area (Å²) in [6.45, 7) is 3.53. The third kappa shape index (κ3) is 3.50. The van der Waals surface area contributed by atoms with Gasteiger partial charge in [-0.05, 0) is 44.4 Å². The van der Waals surface area contributed by atoms with Crippen molar-refractivity contribution in [2.45, 2.75) is 51.6 Å². The first-order valence-electron chi connectivity index (χ1n) is 8.83. The second kappa shape index (κ2) is 7.28. The minimum Gasteiger partial charge on any atom is -0.348 e. The first-order valence-corrected chi connectivity index (χ1v) is 9.62. The highest BCUT2D eigenvalue weighted by Gasteiger charge is 2.50. The van der Waals surface area contributed by atoms with Crippen molar-refractivity contribution in [3.63, 3.8) is 0 Å². The summed E-state index contributed by atoms with van der Waals surface area (Å²) in [7, 11) is 0. The second-order valence-electron chi connectivity index (χ2n) is 7.00. The highest BCUT2D eigenvalue weighted by atomic mass is 79.9. The normalized spacial score (nSPS) is 25.5. The molecule has 1 saturated carbocycles. The van der Waals surface area contributed by atoms with Crippen molar-refractivity contribution in [1.29, 1.82) is 0 Å². The van der Waals surface area contributed by atoms with E-state index in [1.54, 1.807) is 6.92 Å². The number of hydrogen-bond acceptors (Lipinski definition) is 3. The van der Waals surface area contributed by atoms with E-state index in [2.05, 4.69) is 21.2 Å². The Balaban J connectivity index is 1.68. The maximum atomic E-state index is 12.6. The Morgan fingerprint density at radius 1 is 1.08 bits per heavy atom. The van der Waals surface area contributed by atoms with Crippen molar-refractivity contribution in [1.82, 2.24) is 10.2 Å². The van der Waals surface area contributed by atoms with Crippen LogP contribution in [0.5, 0.6) is 0 Å². The zero-order valence-electron chi connectivity index (χ0n) is 14.5. The van der Waals surface area contributed by atoms with Crippen LogP contribution in [0, 0.1) is 11.8 Å². The molecule has 1 aliphatic carbocycles. The van der Waals surface area contributed by atoms with Gasteiger partial charge in [-0.1, -0.05) is 40.9 Å². The van der Waals surface area contributed by atoms with E-state index in [1.807, 2.05) is 31.2 Å². The molecule has 1 heterocycles. The molecule has 1 aliphatic heterocycles. The van der Waals surface area contributed by atoms with Crippen molar-refractivity contribution in [2.24, 2.45) is 11.8 Å². The number of rotatable bonds is 4. The van der Waals surface area contributed by atoms with Gasteiger partial charge in [0.25, 0.3) is 0 Å². The van der Waals surface area contributed by atoms with Gasteiger partial charge in [-0.25, -0.2) is 0 Å². The number of carbonyl (C=O) groups excluding carboxylic acids is 3. The summed E-state index contributed by atoms with van der Waals surface area (Å²) in [5.74, 6) is -1.08. The van der Waals surface area contributed by atoms with Gasteiger partial charge in [-0.3, -0.25) is 19.3 Å². The molecule has 6 heteroatoms. The molecule has 4 unspecified atom stereocenters. The number of fused-ring (bicyclic) bond motifs is 1. The molecule has 25 heavy (non-hydrogen) atoms. The molecule has 1 saturated heterocycles. The standard InChI is InChI=1S/C19H23BrN2O3/c1-11(13-7-9-14(20)10-8-13)21-17(23)12(2)22-18(24)15-5-3-4-6-16(15)19(22)25/h7-12,15-16H,3-6H2,1-2H3,(H,21,23). The molecule has 0 bridgehead atoms. The van der Waals surface area contributed by atoms with E-state index in [4.69, 9.17) is 0 Å².